The molecule has 4 nitrogen and oxygen atoms in total. The first-order valence-electron chi connectivity index (χ1n) is 2.55. The number of thiocarbonyl (C=S) groups is 1. The first kappa shape index (κ1) is 8.00. The lowest BCUT2D eigenvalue weighted by molar-refractivity contribution is -0.380. The molecule has 0 aliphatic heterocycles. The van der Waals surface area contributed by atoms with E-state index in [1.807, 2.05) is 0 Å². The molecule has 1 aromatic heterocycles. The van der Waals surface area contributed by atoms with E-state index >= 15 is 0 Å². The third-order valence-electron chi connectivity index (χ3n) is 0.926. The fraction of sp³-hybridized carbons (Fsp3) is 0. The van der Waals surface area contributed by atoms with Gasteiger partial charge < -0.3 is 0 Å². The van der Waals surface area contributed by atoms with Gasteiger partial charge in [0, 0.05) is 5.38 Å². The molecule has 0 aliphatic carbocycles. The van der Waals surface area contributed by atoms with Crippen LogP contribution in [0, 0.1) is 10.1 Å². The third kappa shape index (κ3) is 1.91. The van der Waals surface area contributed by atoms with E-state index < -0.39 is 4.92 Å². The zero-order valence-electron chi connectivity index (χ0n) is 5.18. The van der Waals surface area contributed by atoms with Gasteiger partial charge in [-0.25, -0.2) is 0 Å². The Bertz CT molecular complexity index is 310. The SMILES string of the molecule is O=[N+]([O-])c1cc(N=C=S)cs1. The highest BCUT2D eigenvalue weighted by Crippen LogP contribution is 2.27. The second-order valence-electron chi connectivity index (χ2n) is 1.60. The van der Waals surface area contributed by atoms with E-state index in [0.717, 1.165) is 11.3 Å². The van der Waals surface area contributed by atoms with Crippen LogP contribution >= 0.6 is 23.6 Å². The molecule has 0 amide bonds. The van der Waals surface area contributed by atoms with Crippen molar-refractivity contribution in [2.24, 2.45) is 4.99 Å². The van der Waals surface area contributed by atoms with Gasteiger partial charge in [0.15, 0.2) is 0 Å². The molecule has 0 unspecified atom stereocenters. The van der Waals surface area contributed by atoms with E-state index in [1.54, 1.807) is 5.38 Å². The molecular weight excluding hydrogens is 184 g/mol. The van der Waals surface area contributed by atoms with Gasteiger partial charge in [-0.1, -0.05) is 11.3 Å². The number of hydrogen-bond donors (Lipinski definition) is 0. The summed E-state index contributed by atoms with van der Waals surface area (Å²) in [6.45, 7) is 0. The van der Waals surface area contributed by atoms with Gasteiger partial charge in [0.05, 0.1) is 21.8 Å². The molecule has 1 heterocycles. The molecule has 0 spiro atoms. The van der Waals surface area contributed by atoms with Crippen molar-refractivity contribution in [3.8, 4) is 0 Å². The lowest BCUT2D eigenvalue weighted by Gasteiger charge is -1.78. The Labute approximate surface area is 71.3 Å². The van der Waals surface area contributed by atoms with Crippen molar-refractivity contribution in [2.75, 3.05) is 0 Å². The number of nitro groups is 1. The topological polar surface area (TPSA) is 55.5 Å². The van der Waals surface area contributed by atoms with Crippen molar-refractivity contribution >= 4 is 39.4 Å². The number of aliphatic imine (C=N–C) groups is 1. The van der Waals surface area contributed by atoms with E-state index in [-0.39, 0.29) is 5.00 Å². The highest BCUT2D eigenvalue weighted by atomic mass is 32.1. The monoisotopic (exact) mass is 186 g/mol. The van der Waals surface area contributed by atoms with Crippen molar-refractivity contribution in [1.82, 2.24) is 0 Å². The molecule has 1 rings (SSSR count). The normalized spacial score (nSPS) is 8.73. The van der Waals surface area contributed by atoms with E-state index in [4.69, 9.17) is 0 Å². The van der Waals surface area contributed by atoms with Crippen LogP contribution in [0.1, 0.15) is 0 Å². The second kappa shape index (κ2) is 3.34. The van der Waals surface area contributed by atoms with Crippen LogP contribution in [-0.4, -0.2) is 10.1 Å². The average molecular weight is 186 g/mol. The molecule has 11 heavy (non-hydrogen) atoms. The third-order valence-corrected chi connectivity index (χ3v) is 1.89. The molecule has 6 heteroatoms. The molecule has 0 atom stereocenters. The van der Waals surface area contributed by atoms with Crippen molar-refractivity contribution in [2.45, 2.75) is 0 Å². The quantitative estimate of drug-likeness (QED) is 0.308. The van der Waals surface area contributed by atoms with Crippen LogP contribution in [0.3, 0.4) is 0 Å². The van der Waals surface area contributed by atoms with E-state index in [1.165, 1.54) is 6.07 Å². The Balaban J connectivity index is 2.99. The summed E-state index contributed by atoms with van der Waals surface area (Å²) >= 11 is 5.35. The summed E-state index contributed by atoms with van der Waals surface area (Å²) in [7, 11) is 0. The Morgan fingerprint density at radius 3 is 3.00 bits per heavy atom. The summed E-state index contributed by atoms with van der Waals surface area (Å²) in [5, 5.41) is 13.9. The molecule has 56 valence electrons. The van der Waals surface area contributed by atoms with Crippen LogP contribution in [0.25, 0.3) is 0 Å². The van der Waals surface area contributed by atoms with Crippen LogP contribution in [0.5, 0.6) is 0 Å². The minimum absolute atomic E-state index is 0.0639. The van der Waals surface area contributed by atoms with Gasteiger partial charge in [-0.15, -0.1) is 0 Å². The Morgan fingerprint density at radius 1 is 1.82 bits per heavy atom. The number of isothiocyanates is 1. The zero-order chi connectivity index (χ0) is 8.27. The van der Waals surface area contributed by atoms with E-state index in [2.05, 4.69) is 22.4 Å². The highest BCUT2D eigenvalue weighted by molar-refractivity contribution is 7.78. The smallest absolute Gasteiger partial charge is 0.258 e. The first-order chi connectivity index (χ1) is 5.24. The summed E-state index contributed by atoms with van der Waals surface area (Å²) in [5.74, 6) is 0. The number of thiophene rings is 1. The summed E-state index contributed by atoms with van der Waals surface area (Å²) < 4.78 is 0. The lowest BCUT2D eigenvalue weighted by atomic mass is 10.5. The number of nitrogens with zero attached hydrogens (tertiary/aromatic N) is 2. The molecule has 0 radical (unpaired) electrons. The molecular formula is C5H2N2O2S2. The highest BCUT2D eigenvalue weighted by Gasteiger charge is 2.07. The number of rotatable bonds is 2. The minimum atomic E-state index is -0.465. The van der Waals surface area contributed by atoms with Crippen molar-refractivity contribution in [3.63, 3.8) is 0 Å². The van der Waals surface area contributed by atoms with E-state index in [9.17, 15) is 10.1 Å². The molecule has 0 saturated carbocycles. The van der Waals surface area contributed by atoms with Gasteiger partial charge in [0.1, 0.15) is 0 Å². The van der Waals surface area contributed by atoms with Gasteiger partial charge in [-0.2, -0.15) is 4.99 Å². The molecule has 0 bridgehead atoms. The van der Waals surface area contributed by atoms with Crippen LogP contribution in [0.15, 0.2) is 16.4 Å². The van der Waals surface area contributed by atoms with Crippen LogP contribution < -0.4 is 0 Å². The van der Waals surface area contributed by atoms with Gasteiger partial charge in [-0.3, -0.25) is 10.1 Å². The Morgan fingerprint density at radius 2 is 2.55 bits per heavy atom. The summed E-state index contributed by atoms with van der Waals surface area (Å²) in [6.07, 6.45) is 0. The predicted octanol–water partition coefficient (Wildman–Crippen LogP) is 2.39. The molecule has 1 aromatic rings. The van der Waals surface area contributed by atoms with Crippen LogP contribution in [0.2, 0.25) is 0 Å². The zero-order valence-corrected chi connectivity index (χ0v) is 6.82. The predicted molar refractivity (Wildman–Crippen MR) is 45.7 cm³/mol. The fourth-order valence-electron chi connectivity index (χ4n) is 0.522. The Kier molecular flexibility index (Phi) is 2.43. The van der Waals surface area contributed by atoms with Crippen LogP contribution in [0.4, 0.5) is 10.7 Å². The largest absolute Gasteiger partial charge is 0.326 e. The molecule has 0 fully saturated rings. The molecule has 0 saturated heterocycles. The molecule has 0 aliphatic rings. The maximum Gasteiger partial charge on any atom is 0.326 e. The average Bonchev–Trinajstić information content (AvgIpc) is 2.37. The van der Waals surface area contributed by atoms with Gasteiger partial charge in [0.25, 0.3) is 0 Å². The summed E-state index contributed by atoms with van der Waals surface area (Å²) in [6, 6.07) is 1.35. The maximum absolute atomic E-state index is 10.1. The van der Waals surface area contributed by atoms with Gasteiger partial charge in [-0.05, 0) is 12.2 Å². The van der Waals surface area contributed by atoms with Gasteiger partial charge in [0.2, 0.25) is 0 Å². The summed E-state index contributed by atoms with van der Waals surface area (Å²) in [4.78, 5) is 13.3. The maximum atomic E-state index is 10.1. The lowest BCUT2D eigenvalue weighted by Crippen LogP contribution is -1.80. The minimum Gasteiger partial charge on any atom is -0.258 e. The van der Waals surface area contributed by atoms with Crippen molar-refractivity contribution in [1.29, 1.82) is 0 Å². The molecule has 0 aromatic carbocycles. The van der Waals surface area contributed by atoms with Gasteiger partial charge >= 0.3 is 5.00 Å². The van der Waals surface area contributed by atoms with Crippen molar-refractivity contribution < 1.29 is 4.92 Å². The number of hydrogen-bond acceptors (Lipinski definition) is 5. The molecule has 0 N–H and O–H groups in total. The van der Waals surface area contributed by atoms with Crippen molar-refractivity contribution in [3.05, 3.63) is 21.6 Å². The standard InChI is InChI=1S/C5H2N2O2S2/c8-7(9)5-1-4(2-11-5)6-3-10/h1-2H. The van der Waals surface area contributed by atoms with E-state index in [0.29, 0.717) is 5.69 Å². The Hall–Kier alpha value is -1.10. The first-order valence-corrected chi connectivity index (χ1v) is 3.83. The fourth-order valence-corrected chi connectivity index (χ4v) is 1.26. The second-order valence-corrected chi connectivity index (χ2v) is 2.68. The summed E-state index contributed by atoms with van der Waals surface area (Å²) in [5.41, 5.74) is 0.483. The van der Waals surface area contributed by atoms with Crippen LogP contribution in [-0.2, 0) is 0 Å².